The van der Waals surface area contributed by atoms with Crippen LogP contribution in [0.15, 0.2) is 0 Å². The van der Waals surface area contributed by atoms with Crippen molar-refractivity contribution in [3.63, 3.8) is 0 Å². The zero-order valence-corrected chi connectivity index (χ0v) is 49.3. The summed E-state index contributed by atoms with van der Waals surface area (Å²) in [7, 11) is 0. The minimum absolute atomic E-state index is 0.347. The van der Waals surface area contributed by atoms with Gasteiger partial charge in [-0.3, -0.25) is 9.59 Å². The van der Waals surface area contributed by atoms with E-state index in [-0.39, 0.29) is 0 Å². The quantitative estimate of drug-likeness (QED) is 0.0596. The van der Waals surface area contributed by atoms with Crippen molar-refractivity contribution in [2.75, 3.05) is 0 Å². The second-order valence-corrected chi connectivity index (χ2v) is 23.1. The fraction of sp³-hybridized carbons (Fsp3) is 0.970. The first-order valence-electron chi connectivity index (χ1n) is 33.5. The Morgan fingerprint density at radius 3 is 0.338 bits per heavy atom. The van der Waals surface area contributed by atoms with Gasteiger partial charge in [0.15, 0.2) is 0 Å². The molecule has 0 amide bonds. The van der Waals surface area contributed by atoms with Gasteiger partial charge in [0.05, 0.1) is 0 Å². The van der Waals surface area contributed by atoms with Crippen LogP contribution in [0.3, 0.4) is 0 Å². The molecular weight excluding hydrogens is 869 g/mol. The summed E-state index contributed by atoms with van der Waals surface area (Å²) >= 11 is 0. The maximum Gasteiger partial charge on any atom is 0.303 e. The molecule has 0 spiro atoms. The molecule has 0 atom stereocenters. The van der Waals surface area contributed by atoms with E-state index in [1.165, 1.54) is 366 Å². The van der Waals surface area contributed by atoms with E-state index in [1.807, 2.05) is 0 Å². The molecule has 0 heterocycles. The fourth-order valence-electron chi connectivity index (χ4n) is 10.8. The first-order valence-corrected chi connectivity index (χ1v) is 33.5. The minimum Gasteiger partial charge on any atom is -0.481 e. The Bertz CT molecular complexity index is 949. The summed E-state index contributed by atoms with van der Waals surface area (Å²) in [6.07, 6.45) is 86.4. The Morgan fingerprint density at radius 1 is 0.169 bits per heavy atom. The average molecular weight is 1000 g/mol. The van der Waals surface area contributed by atoms with E-state index in [9.17, 15) is 9.59 Å². The Morgan fingerprint density at radius 2 is 0.254 bits per heavy atom. The van der Waals surface area contributed by atoms with E-state index in [0.29, 0.717) is 12.8 Å². The van der Waals surface area contributed by atoms with Crippen LogP contribution in [-0.4, -0.2) is 22.2 Å². The van der Waals surface area contributed by atoms with E-state index in [0.717, 1.165) is 25.7 Å². The zero-order chi connectivity index (χ0) is 51.7. The Kier molecular flexibility index (Phi) is 69.9. The van der Waals surface area contributed by atoms with Gasteiger partial charge in [-0.25, -0.2) is 0 Å². The Labute approximate surface area is 448 Å². The molecule has 0 fully saturated rings. The number of hydrogen-bond acceptors (Lipinski definition) is 2. The highest BCUT2D eigenvalue weighted by atomic mass is 16.4. The van der Waals surface area contributed by atoms with Gasteiger partial charge in [0.25, 0.3) is 0 Å². The first-order chi connectivity index (χ1) is 35.0. The number of unbranched alkanes of at least 4 members (excludes halogenated alkanes) is 59. The monoisotopic (exact) mass is 1000 g/mol. The highest BCUT2D eigenvalue weighted by molar-refractivity contribution is 5.66. The molecule has 71 heavy (non-hydrogen) atoms. The van der Waals surface area contributed by atoms with Crippen molar-refractivity contribution in [1.29, 1.82) is 0 Å². The molecule has 0 radical (unpaired) electrons. The molecule has 0 aliphatic rings. The molecule has 0 aromatic carbocycles. The lowest BCUT2D eigenvalue weighted by atomic mass is 10.0. The summed E-state index contributed by atoms with van der Waals surface area (Å²) in [4.78, 5) is 20.9. The molecule has 4 heteroatoms. The van der Waals surface area contributed by atoms with Crippen LogP contribution in [-0.2, 0) is 9.59 Å². The van der Waals surface area contributed by atoms with Crippen LogP contribution in [0.5, 0.6) is 0 Å². The molecule has 0 aliphatic carbocycles. The Hall–Kier alpha value is -1.06. The van der Waals surface area contributed by atoms with Crippen LogP contribution in [0.2, 0.25) is 0 Å². The number of aliphatic carboxylic acids is 2. The van der Waals surface area contributed by atoms with Gasteiger partial charge >= 0.3 is 11.9 Å². The van der Waals surface area contributed by atoms with Crippen LogP contribution in [0.25, 0.3) is 0 Å². The molecule has 0 aromatic rings. The van der Waals surface area contributed by atoms with Crippen LogP contribution >= 0.6 is 0 Å². The van der Waals surface area contributed by atoms with E-state index in [1.54, 1.807) is 0 Å². The van der Waals surface area contributed by atoms with Gasteiger partial charge in [0, 0.05) is 12.8 Å². The summed E-state index contributed by atoms with van der Waals surface area (Å²) < 4.78 is 0. The average Bonchev–Trinajstić information content (AvgIpc) is 3.36. The lowest BCUT2D eigenvalue weighted by Gasteiger charge is -2.04. The normalized spacial score (nSPS) is 11.4. The molecule has 0 unspecified atom stereocenters. The van der Waals surface area contributed by atoms with Crippen molar-refractivity contribution in [3.05, 3.63) is 0 Å². The zero-order valence-electron chi connectivity index (χ0n) is 49.3. The van der Waals surface area contributed by atoms with Gasteiger partial charge in [-0.2, -0.15) is 0 Å². The van der Waals surface area contributed by atoms with Crippen LogP contribution in [0.4, 0.5) is 0 Å². The Balaban J connectivity index is 0. The summed E-state index contributed by atoms with van der Waals surface area (Å²) in [5.74, 6) is -1.30. The van der Waals surface area contributed by atoms with Gasteiger partial charge in [-0.05, 0) is 12.8 Å². The second kappa shape index (κ2) is 68.9. The third-order valence-corrected chi connectivity index (χ3v) is 15.7. The van der Waals surface area contributed by atoms with Crippen molar-refractivity contribution < 1.29 is 19.8 Å². The SMILES string of the molecule is CCCCCCCCCCCCCCCCCCCCCCCCCCCCCCCCC(=O)O.CCCCCCCCCCCCCCCCCCCCCCCCCCCCCCCCCC(=O)O. The fourth-order valence-corrected chi connectivity index (χ4v) is 10.8. The van der Waals surface area contributed by atoms with Crippen molar-refractivity contribution >= 4 is 11.9 Å². The molecule has 4 nitrogen and oxygen atoms in total. The van der Waals surface area contributed by atoms with Crippen molar-refractivity contribution in [3.8, 4) is 0 Å². The number of carbonyl (C=O) groups is 2. The smallest absolute Gasteiger partial charge is 0.303 e. The van der Waals surface area contributed by atoms with Gasteiger partial charge in [-0.15, -0.1) is 0 Å². The molecule has 426 valence electrons. The predicted molar refractivity (Wildman–Crippen MR) is 317 cm³/mol. The van der Waals surface area contributed by atoms with Crippen molar-refractivity contribution in [1.82, 2.24) is 0 Å². The second-order valence-electron chi connectivity index (χ2n) is 23.1. The number of carboxylic acids is 2. The predicted octanol–water partition coefficient (Wildman–Crippen LogP) is 24.8. The maximum atomic E-state index is 10.5. The molecular formula is C67H134O4. The van der Waals surface area contributed by atoms with Gasteiger partial charge in [0.1, 0.15) is 0 Å². The largest absolute Gasteiger partial charge is 0.481 e. The van der Waals surface area contributed by atoms with Crippen LogP contribution in [0, 0.1) is 0 Å². The summed E-state index contributed by atoms with van der Waals surface area (Å²) in [5, 5.41) is 17.2. The van der Waals surface area contributed by atoms with E-state index < -0.39 is 11.9 Å². The minimum atomic E-state index is -0.648. The van der Waals surface area contributed by atoms with Gasteiger partial charge < -0.3 is 10.2 Å². The topological polar surface area (TPSA) is 74.6 Å². The first kappa shape index (κ1) is 72.0. The number of carboxylic acid groups (broad SMARTS) is 2. The summed E-state index contributed by atoms with van der Waals surface area (Å²) in [5.41, 5.74) is 0. The van der Waals surface area contributed by atoms with Gasteiger partial charge in [0.2, 0.25) is 0 Å². The number of rotatable bonds is 63. The highest BCUT2D eigenvalue weighted by Gasteiger charge is 2.01. The lowest BCUT2D eigenvalue weighted by Crippen LogP contribution is -1.93. The third kappa shape index (κ3) is 75.6. The van der Waals surface area contributed by atoms with E-state index >= 15 is 0 Å². The molecule has 0 aromatic heterocycles. The highest BCUT2D eigenvalue weighted by Crippen LogP contribution is 2.19. The summed E-state index contributed by atoms with van der Waals surface area (Å²) in [6.45, 7) is 4.60. The van der Waals surface area contributed by atoms with Gasteiger partial charge in [-0.1, -0.05) is 393 Å². The number of hydrogen-bond donors (Lipinski definition) is 2. The van der Waals surface area contributed by atoms with Crippen LogP contribution in [0.1, 0.15) is 418 Å². The van der Waals surface area contributed by atoms with E-state index in [4.69, 9.17) is 10.2 Å². The maximum absolute atomic E-state index is 10.5. The third-order valence-electron chi connectivity index (χ3n) is 15.7. The molecule has 0 saturated heterocycles. The van der Waals surface area contributed by atoms with E-state index in [2.05, 4.69) is 13.8 Å². The summed E-state index contributed by atoms with van der Waals surface area (Å²) in [6, 6.07) is 0. The standard InChI is InChI=1S/C34H68O2.C33H66O2/c1-2-3-4-5-6-7-8-9-10-11-12-13-14-15-16-17-18-19-20-21-22-23-24-25-26-27-28-29-30-31-32-33-34(35)36;1-2-3-4-5-6-7-8-9-10-11-12-13-14-15-16-17-18-19-20-21-22-23-24-25-26-27-28-29-30-31-32-33(34)35/h2-33H2,1H3,(H,35,36);2-32H2,1H3,(H,34,35). The molecule has 0 bridgehead atoms. The van der Waals surface area contributed by atoms with Crippen LogP contribution < -0.4 is 0 Å². The molecule has 2 N–H and O–H groups in total. The molecule has 0 aliphatic heterocycles. The van der Waals surface area contributed by atoms with Crippen molar-refractivity contribution in [2.24, 2.45) is 0 Å². The molecule has 0 rings (SSSR count). The van der Waals surface area contributed by atoms with Crippen molar-refractivity contribution in [2.45, 2.75) is 418 Å². The lowest BCUT2D eigenvalue weighted by molar-refractivity contribution is -0.138. The molecule has 0 saturated carbocycles.